The van der Waals surface area contributed by atoms with E-state index in [1.807, 2.05) is 4.90 Å². The van der Waals surface area contributed by atoms with Crippen LogP contribution in [0.1, 0.15) is 12.0 Å². The number of halogens is 3. The first-order valence-corrected chi connectivity index (χ1v) is 10.4. The predicted molar refractivity (Wildman–Crippen MR) is 114 cm³/mol. The van der Waals surface area contributed by atoms with E-state index in [1.54, 1.807) is 47.2 Å². The van der Waals surface area contributed by atoms with Crippen molar-refractivity contribution in [3.8, 4) is 5.75 Å². The molecule has 2 aromatic carbocycles. The molecular weight excluding hydrogens is 423 g/mol. The highest BCUT2D eigenvalue weighted by Gasteiger charge is 2.38. The lowest BCUT2D eigenvalue weighted by atomic mass is 10.1. The second-order valence-corrected chi connectivity index (χ2v) is 7.96. The van der Waals surface area contributed by atoms with Crippen LogP contribution in [0.25, 0.3) is 0 Å². The molecule has 0 aromatic heterocycles. The van der Waals surface area contributed by atoms with Gasteiger partial charge in [-0.15, -0.1) is 0 Å². The molecular formula is C23H24F3N3O3. The first kappa shape index (κ1) is 22.0. The van der Waals surface area contributed by atoms with Gasteiger partial charge in [0.05, 0.1) is 18.6 Å². The molecule has 0 aliphatic carbocycles. The number of anilines is 2. The number of benzene rings is 2. The topological polar surface area (TPSA) is 53.1 Å². The van der Waals surface area contributed by atoms with Gasteiger partial charge >= 0.3 is 6.18 Å². The Bertz CT molecular complexity index is 986. The molecule has 0 spiro atoms. The summed E-state index contributed by atoms with van der Waals surface area (Å²) >= 11 is 0. The van der Waals surface area contributed by atoms with Crippen molar-refractivity contribution < 1.29 is 27.5 Å². The summed E-state index contributed by atoms with van der Waals surface area (Å²) in [5, 5.41) is 0. The number of amides is 2. The lowest BCUT2D eigenvalue weighted by Gasteiger charge is -2.37. The molecule has 2 saturated heterocycles. The van der Waals surface area contributed by atoms with Crippen molar-refractivity contribution in [1.82, 2.24) is 4.90 Å². The number of rotatable bonds is 4. The zero-order valence-electron chi connectivity index (χ0n) is 17.6. The lowest BCUT2D eigenvalue weighted by Crippen LogP contribution is -2.50. The number of hydrogen-bond acceptors (Lipinski definition) is 4. The average Bonchev–Trinajstić information content (AvgIpc) is 3.20. The van der Waals surface area contributed by atoms with Gasteiger partial charge in [-0.25, -0.2) is 0 Å². The molecule has 2 amide bonds. The van der Waals surface area contributed by atoms with Gasteiger partial charge < -0.3 is 19.4 Å². The molecule has 170 valence electrons. The maximum absolute atomic E-state index is 13.0. The summed E-state index contributed by atoms with van der Waals surface area (Å²) < 4.78 is 44.1. The fraction of sp³-hybridized carbons (Fsp3) is 0.391. The molecule has 2 aliphatic heterocycles. The van der Waals surface area contributed by atoms with E-state index in [0.717, 1.165) is 17.8 Å². The van der Waals surface area contributed by atoms with Crippen LogP contribution < -0.4 is 14.5 Å². The summed E-state index contributed by atoms with van der Waals surface area (Å²) in [5.41, 5.74) is 0.533. The Morgan fingerprint density at radius 3 is 2.31 bits per heavy atom. The van der Waals surface area contributed by atoms with Crippen LogP contribution in [0, 0.1) is 5.92 Å². The summed E-state index contributed by atoms with van der Waals surface area (Å²) in [5.74, 6) is 0.0746. The molecule has 6 nitrogen and oxygen atoms in total. The number of carbonyl (C=O) groups is 2. The van der Waals surface area contributed by atoms with Crippen molar-refractivity contribution in [1.29, 1.82) is 0 Å². The van der Waals surface area contributed by atoms with Gasteiger partial charge in [0, 0.05) is 50.5 Å². The third-order valence-electron chi connectivity index (χ3n) is 5.99. The highest BCUT2D eigenvalue weighted by Crippen LogP contribution is 2.32. The molecule has 0 radical (unpaired) electrons. The molecule has 2 aromatic rings. The predicted octanol–water partition coefficient (Wildman–Crippen LogP) is 3.42. The Morgan fingerprint density at radius 1 is 1.00 bits per heavy atom. The molecule has 0 bridgehead atoms. The molecule has 2 fully saturated rings. The summed E-state index contributed by atoms with van der Waals surface area (Å²) in [6.07, 6.45) is -4.24. The monoisotopic (exact) mass is 447 g/mol. The number of alkyl halides is 3. The summed E-state index contributed by atoms with van der Waals surface area (Å²) in [4.78, 5) is 30.7. The highest BCUT2D eigenvalue weighted by atomic mass is 19.4. The first-order chi connectivity index (χ1) is 15.3. The lowest BCUT2D eigenvalue weighted by molar-refractivity contribution is -0.137. The van der Waals surface area contributed by atoms with Crippen LogP contribution in [0.4, 0.5) is 24.5 Å². The summed E-state index contributed by atoms with van der Waals surface area (Å²) in [7, 11) is 1.57. The van der Waals surface area contributed by atoms with Gasteiger partial charge in [0.2, 0.25) is 11.8 Å². The smallest absolute Gasteiger partial charge is 0.416 e. The molecule has 2 heterocycles. The molecule has 0 unspecified atom stereocenters. The zero-order chi connectivity index (χ0) is 22.9. The number of piperazine rings is 1. The minimum absolute atomic E-state index is 0.0851. The van der Waals surface area contributed by atoms with E-state index in [9.17, 15) is 22.8 Å². The van der Waals surface area contributed by atoms with E-state index in [0.29, 0.717) is 44.2 Å². The minimum Gasteiger partial charge on any atom is -0.497 e. The van der Waals surface area contributed by atoms with Crippen LogP contribution in [0.3, 0.4) is 0 Å². The normalized spacial score (nSPS) is 19.4. The van der Waals surface area contributed by atoms with E-state index in [1.165, 1.54) is 6.07 Å². The van der Waals surface area contributed by atoms with Crippen LogP contribution in [0.15, 0.2) is 48.5 Å². The van der Waals surface area contributed by atoms with E-state index in [4.69, 9.17) is 4.74 Å². The van der Waals surface area contributed by atoms with E-state index >= 15 is 0 Å². The average molecular weight is 447 g/mol. The molecule has 32 heavy (non-hydrogen) atoms. The molecule has 0 N–H and O–H groups in total. The van der Waals surface area contributed by atoms with Gasteiger partial charge in [-0.3, -0.25) is 9.59 Å². The van der Waals surface area contributed by atoms with Crippen LogP contribution >= 0.6 is 0 Å². The van der Waals surface area contributed by atoms with Crippen molar-refractivity contribution in [2.75, 3.05) is 49.6 Å². The van der Waals surface area contributed by atoms with Crippen LogP contribution in [-0.4, -0.2) is 56.5 Å². The van der Waals surface area contributed by atoms with Crippen LogP contribution in [0.5, 0.6) is 5.75 Å². The summed E-state index contributed by atoms with van der Waals surface area (Å²) in [6, 6.07) is 12.3. The Hall–Kier alpha value is -3.23. The van der Waals surface area contributed by atoms with E-state index < -0.39 is 17.7 Å². The van der Waals surface area contributed by atoms with Gasteiger partial charge in [-0.05, 0) is 42.5 Å². The van der Waals surface area contributed by atoms with Crippen LogP contribution in [-0.2, 0) is 15.8 Å². The van der Waals surface area contributed by atoms with Gasteiger partial charge in [-0.2, -0.15) is 13.2 Å². The van der Waals surface area contributed by atoms with E-state index in [2.05, 4.69) is 0 Å². The van der Waals surface area contributed by atoms with Crippen molar-refractivity contribution >= 4 is 23.2 Å². The molecule has 4 rings (SSSR count). The zero-order valence-corrected chi connectivity index (χ0v) is 17.6. The van der Waals surface area contributed by atoms with Gasteiger partial charge in [-0.1, -0.05) is 6.07 Å². The number of hydrogen-bond donors (Lipinski definition) is 0. The third kappa shape index (κ3) is 4.51. The number of ether oxygens (including phenoxy) is 1. The van der Waals surface area contributed by atoms with Crippen molar-refractivity contribution in [3.05, 3.63) is 54.1 Å². The third-order valence-corrected chi connectivity index (χ3v) is 5.99. The van der Waals surface area contributed by atoms with Crippen molar-refractivity contribution in [3.63, 3.8) is 0 Å². The molecule has 0 saturated carbocycles. The van der Waals surface area contributed by atoms with Gasteiger partial charge in [0.25, 0.3) is 0 Å². The Balaban J connectivity index is 1.36. The quantitative estimate of drug-likeness (QED) is 0.721. The van der Waals surface area contributed by atoms with Crippen LogP contribution in [0.2, 0.25) is 0 Å². The van der Waals surface area contributed by atoms with Gasteiger partial charge in [0.15, 0.2) is 0 Å². The van der Waals surface area contributed by atoms with Crippen molar-refractivity contribution in [2.24, 2.45) is 5.92 Å². The largest absolute Gasteiger partial charge is 0.497 e. The Kier molecular flexibility index (Phi) is 5.99. The van der Waals surface area contributed by atoms with Crippen molar-refractivity contribution in [2.45, 2.75) is 12.6 Å². The molecule has 9 heteroatoms. The second kappa shape index (κ2) is 8.72. The summed E-state index contributed by atoms with van der Waals surface area (Å²) in [6.45, 7) is 2.01. The Labute approximate surface area is 184 Å². The van der Waals surface area contributed by atoms with Gasteiger partial charge in [0.1, 0.15) is 5.75 Å². The SMILES string of the molecule is COc1ccc(N2C[C@@H](C(=O)N3CCN(c4cccc(C(F)(F)F)c4)CC3)CC2=O)cc1. The fourth-order valence-electron chi connectivity index (χ4n) is 4.21. The number of carbonyl (C=O) groups excluding carboxylic acids is 2. The number of methoxy groups -OCH3 is 1. The molecule has 2 aliphatic rings. The number of nitrogens with zero attached hydrogens (tertiary/aromatic N) is 3. The molecule has 1 atom stereocenters. The Morgan fingerprint density at radius 2 is 1.69 bits per heavy atom. The minimum atomic E-state index is -4.39. The fourth-order valence-corrected chi connectivity index (χ4v) is 4.21. The standard InChI is InChI=1S/C23H24F3N3O3/c1-32-20-7-5-18(6-8-20)29-15-16(13-21(29)30)22(31)28-11-9-27(10-12-28)19-4-2-3-17(14-19)23(24,25)26/h2-8,14,16H,9-13,15H2,1H3/t16-/m0/s1. The second-order valence-electron chi connectivity index (χ2n) is 7.96. The maximum atomic E-state index is 13.0. The van der Waals surface area contributed by atoms with E-state index in [-0.39, 0.29) is 18.2 Å². The first-order valence-electron chi connectivity index (χ1n) is 10.4. The maximum Gasteiger partial charge on any atom is 0.416 e. The highest BCUT2D eigenvalue weighted by molar-refractivity contribution is 6.00.